The first-order valence-electron chi connectivity index (χ1n) is 7.88. The first-order valence-corrected chi connectivity index (χ1v) is 9.37. The predicted molar refractivity (Wildman–Crippen MR) is 91.5 cm³/mol. The Morgan fingerprint density at radius 3 is 2.39 bits per heavy atom. The molecule has 0 bridgehead atoms. The summed E-state index contributed by atoms with van der Waals surface area (Å²) in [6.07, 6.45) is 5.68. The summed E-state index contributed by atoms with van der Waals surface area (Å²) in [6.45, 7) is 2.17. The number of halogens is 1. The van der Waals surface area contributed by atoms with Gasteiger partial charge in [-0.05, 0) is 48.7 Å². The summed E-state index contributed by atoms with van der Waals surface area (Å²) in [5.41, 5.74) is 1.35. The molecule has 1 N–H and O–H groups in total. The third kappa shape index (κ3) is 5.36. The third-order valence-electron chi connectivity index (χ3n) is 3.63. The lowest BCUT2D eigenvalue weighted by atomic mass is 10.1. The van der Waals surface area contributed by atoms with Gasteiger partial charge in [-0.25, -0.2) is 12.8 Å². The maximum Gasteiger partial charge on any atom is 0.261 e. The molecule has 5 heteroatoms. The summed E-state index contributed by atoms with van der Waals surface area (Å²) >= 11 is 0. The minimum Gasteiger partial charge on any atom is -0.280 e. The SMILES string of the molecule is CCCCCCc1ccc(S(=O)(=O)Nc2cccc(F)c2)cc1. The fourth-order valence-electron chi connectivity index (χ4n) is 2.36. The fourth-order valence-corrected chi connectivity index (χ4v) is 3.41. The van der Waals surface area contributed by atoms with E-state index in [4.69, 9.17) is 0 Å². The highest BCUT2D eigenvalue weighted by Gasteiger charge is 2.14. The number of hydrogen-bond donors (Lipinski definition) is 1. The monoisotopic (exact) mass is 335 g/mol. The van der Waals surface area contributed by atoms with Crippen molar-refractivity contribution in [3.63, 3.8) is 0 Å². The summed E-state index contributed by atoms with van der Waals surface area (Å²) in [7, 11) is -3.69. The predicted octanol–water partition coefficient (Wildman–Crippen LogP) is 4.75. The van der Waals surface area contributed by atoms with E-state index in [2.05, 4.69) is 11.6 Å². The van der Waals surface area contributed by atoms with Crippen molar-refractivity contribution in [1.29, 1.82) is 0 Å². The second kappa shape index (κ2) is 8.11. The standard InChI is InChI=1S/C18H22FNO2S/c1-2-3-4-5-7-15-10-12-18(13-11-15)23(21,22)20-17-9-6-8-16(19)14-17/h6,8-14,20H,2-5,7H2,1H3. The van der Waals surface area contributed by atoms with Gasteiger partial charge in [-0.15, -0.1) is 0 Å². The molecule has 0 spiro atoms. The lowest BCUT2D eigenvalue weighted by Gasteiger charge is -2.09. The zero-order chi connectivity index (χ0) is 16.7. The second-order valence-electron chi connectivity index (χ2n) is 5.57. The van der Waals surface area contributed by atoms with E-state index < -0.39 is 15.8 Å². The largest absolute Gasteiger partial charge is 0.280 e. The van der Waals surface area contributed by atoms with Crippen molar-refractivity contribution in [1.82, 2.24) is 0 Å². The van der Waals surface area contributed by atoms with E-state index in [0.29, 0.717) is 0 Å². The Hall–Kier alpha value is -1.88. The maximum absolute atomic E-state index is 13.1. The summed E-state index contributed by atoms with van der Waals surface area (Å²) in [6, 6.07) is 12.3. The number of unbranched alkanes of at least 4 members (excludes halogenated alkanes) is 3. The van der Waals surface area contributed by atoms with Crippen LogP contribution in [0.1, 0.15) is 38.2 Å². The van der Waals surface area contributed by atoms with Crippen LogP contribution < -0.4 is 4.72 Å². The Kier molecular flexibility index (Phi) is 6.16. The molecular weight excluding hydrogens is 313 g/mol. The van der Waals surface area contributed by atoms with Crippen molar-refractivity contribution < 1.29 is 12.8 Å². The highest BCUT2D eigenvalue weighted by atomic mass is 32.2. The molecule has 0 fully saturated rings. The molecule has 2 aromatic rings. The molecule has 0 radical (unpaired) electrons. The molecule has 0 aliphatic heterocycles. The highest BCUT2D eigenvalue weighted by molar-refractivity contribution is 7.92. The van der Waals surface area contributed by atoms with Crippen LogP contribution >= 0.6 is 0 Å². The van der Waals surface area contributed by atoms with Gasteiger partial charge in [0, 0.05) is 0 Å². The molecule has 0 aliphatic rings. The molecule has 124 valence electrons. The molecule has 2 rings (SSSR count). The van der Waals surface area contributed by atoms with Crippen molar-refractivity contribution >= 4 is 15.7 Å². The molecule has 0 saturated carbocycles. The quantitative estimate of drug-likeness (QED) is 0.708. The van der Waals surface area contributed by atoms with Gasteiger partial charge in [-0.3, -0.25) is 4.72 Å². The van der Waals surface area contributed by atoms with Crippen LogP contribution in [-0.4, -0.2) is 8.42 Å². The van der Waals surface area contributed by atoms with Gasteiger partial charge in [0.1, 0.15) is 5.82 Å². The number of nitrogens with one attached hydrogen (secondary N) is 1. The molecular formula is C18H22FNO2S. The van der Waals surface area contributed by atoms with Crippen LogP contribution in [0.2, 0.25) is 0 Å². The lowest BCUT2D eigenvalue weighted by Crippen LogP contribution is -2.13. The summed E-state index contributed by atoms with van der Waals surface area (Å²) in [5, 5.41) is 0. The van der Waals surface area contributed by atoms with Crippen molar-refractivity contribution in [3.05, 3.63) is 59.9 Å². The van der Waals surface area contributed by atoms with Crippen LogP contribution in [0, 0.1) is 5.82 Å². The molecule has 0 aliphatic carbocycles. The van der Waals surface area contributed by atoms with E-state index in [1.807, 2.05) is 12.1 Å². The summed E-state index contributed by atoms with van der Waals surface area (Å²) in [4.78, 5) is 0.180. The molecule has 3 nitrogen and oxygen atoms in total. The van der Waals surface area contributed by atoms with Gasteiger partial charge in [0.25, 0.3) is 10.0 Å². The minimum absolute atomic E-state index is 0.180. The Morgan fingerprint density at radius 1 is 1.00 bits per heavy atom. The Labute approximate surface area is 137 Å². The van der Waals surface area contributed by atoms with Crippen LogP contribution in [0.25, 0.3) is 0 Å². The summed E-state index contributed by atoms with van der Waals surface area (Å²) < 4.78 is 40.1. The number of rotatable bonds is 8. The first kappa shape index (κ1) is 17.5. The molecule has 0 heterocycles. The normalized spacial score (nSPS) is 11.4. The van der Waals surface area contributed by atoms with Crippen molar-refractivity contribution in [2.45, 2.75) is 43.9 Å². The van der Waals surface area contributed by atoms with E-state index in [0.717, 1.165) is 24.5 Å². The number of benzene rings is 2. The zero-order valence-electron chi connectivity index (χ0n) is 13.3. The van der Waals surface area contributed by atoms with E-state index in [1.165, 1.54) is 37.5 Å². The molecule has 0 atom stereocenters. The lowest BCUT2D eigenvalue weighted by molar-refractivity contribution is 0.601. The van der Waals surface area contributed by atoms with Gasteiger partial charge >= 0.3 is 0 Å². The maximum atomic E-state index is 13.1. The average Bonchev–Trinajstić information content (AvgIpc) is 2.52. The van der Waals surface area contributed by atoms with Gasteiger partial charge in [0.05, 0.1) is 10.6 Å². The fraction of sp³-hybridized carbons (Fsp3) is 0.333. The van der Waals surface area contributed by atoms with Crippen LogP contribution in [-0.2, 0) is 16.4 Å². The van der Waals surface area contributed by atoms with E-state index in [-0.39, 0.29) is 10.6 Å². The van der Waals surface area contributed by atoms with Crippen LogP contribution in [0.4, 0.5) is 10.1 Å². The molecule has 0 unspecified atom stereocenters. The second-order valence-corrected chi connectivity index (χ2v) is 7.25. The number of sulfonamides is 1. The van der Waals surface area contributed by atoms with Crippen molar-refractivity contribution in [3.8, 4) is 0 Å². The molecule has 2 aromatic carbocycles. The molecule has 0 amide bonds. The van der Waals surface area contributed by atoms with E-state index in [9.17, 15) is 12.8 Å². The molecule has 0 saturated heterocycles. The van der Waals surface area contributed by atoms with E-state index >= 15 is 0 Å². The average molecular weight is 335 g/mol. The van der Waals surface area contributed by atoms with Crippen molar-refractivity contribution in [2.75, 3.05) is 4.72 Å². The van der Waals surface area contributed by atoms with Crippen molar-refractivity contribution in [2.24, 2.45) is 0 Å². The van der Waals surface area contributed by atoms with Crippen LogP contribution in [0.15, 0.2) is 53.4 Å². The smallest absolute Gasteiger partial charge is 0.261 e. The van der Waals surface area contributed by atoms with Gasteiger partial charge in [0.15, 0.2) is 0 Å². The Balaban J connectivity index is 2.02. The highest BCUT2D eigenvalue weighted by Crippen LogP contribution is 2.18. The Bertz CT molecular complexity index is 727. The Morgan fingerprint density at radius 2 is 1.74 bits per heavy atom. The minimum atomic E-state index is -3.69. The number of aryl methyl sites for hydroxylation is 1. The first-order chi connectivity index (χ1) is 11.0. The van der Waals surface area contributed by atoms with Gasteiger partial charge in [0.2, 0.25) is 0 Å². The number of anilines is 1. The van der Waals surface area contributed by atoms with E-state index in [1.54, 1.807) is 12.1 Å². The van der Waals surface area contributed by atoms with Gasteiger partial charge in [-0.1, -0.05) is 44.4 Å². The summed E-state index contributed by atoms with van der Waals surface area (Å²) in [5.74, 6) is -0.479. The topological polar surface area (TPSA) is 46.2 Å². The van der Waals surface area contributed by atoms with Gasteiger partial charge in [-0.2, -0.15) is 0 Å². The van der Waals surface area contributed by atoms with Crippen LogP contribution in [0.5, 0.6) is 0 Å². The molecule has 0 aromatic heterocycles. The zero-order valence-corrected chi connectivity index (χ0v) is 14.1. The van der Waals surface area contributed by atoms with Gasteiger partial charge < -0.3 is 0 Å². The number of hydrogen-bond acceptors (Lipinski definition) is 2. The molecule has 23 heavy (non-hydrogen) atoms. The third-order valence-corrected chi connectivity index (χ3v) is 5.03. The van der Waals surface area contributed by atoms with Crippen LogP contribution in [0.3, 0.4) is 0 Å².